The number of hydrogen-bond acceptors (Lipinski definition) is 1. The van der Waals surface area contributed by atoms with E-state index in [0.717, 1.165) is 0 Å². The molecule has 90 valence electrons. The van der Waals surface area contributed by atoms with Crippen LogP contribution in [0.3, 0.4) is 0 Å². The van der Waals surface area contributed by atoms with Gasteiger partial charge in [0.2, 0.25) is 0 Å². The Hall–Kier alpha value is -0.330. The van der Waals surface area contributed by atoms with E-state index in [9.17, 15) is 0 Å². The maximum absolute atomic E-state index is 4.70. The van der Waals surface area contributed by atoms with Gasteiger partial charge in [-0.15, -0.1) is 0 Å². The molecule has 0 N–H and O–H groups in total. The highest BCUT2D eigenvalue weighted by Crippen LogP contribution is 2.09. The summed E-state index contributed by atoms with van der Waals surface area (Å²) in [5.74, 6) is 0. The highest BCUT2D eigenvalue weighted by Gasteiger charge is 1.99. The van der Waals surface area contributed by atoms with Crippen LogP contribution >= 0.6 is 0 Å². The molecule has 0 aliphatic rings. The molecule has 1 atom stereocenters. The lowest BCUT2D eigenvalue weighted by Gasteiger charge is -2.08. The summed E-state index contributed by atoms with van der Waals surface area (Å²) < 4.78 is 0. The van der Waals surface area contributed by atoms with Gasteiger partial charge in [-0.3, -0.25) is 4.99 Å². The van der Waals surface area contributed by atoms with Crippen molar-refractivity contribution < 1.29 is 0 Å². The normalized spacial score (nSPS) is 14.3. The molecule has 15 heavy (non-hydrogen) atoms. The fourth-order valence-electron chi connectivity index (χ4n) is 1.91. The van der Waals surface area contributed by atoms with Crippen molar-refractivity contribution in [2.75, 3.05) is 0 Å². The molecule has 0 radical (unpaired) electrons. The summed E-state index contributed by atoms with van der Waals surface area (Å²) in [6.07, 6.45) is 10.5. The van der Waals surface area contributed by atoms with E-state index in [2.05, 4.69) is 27.7 Å². The van der Waals surface area contributed by atoms with Gasteiger partial charge in [-0.2, -0.15) is 0 Å². The zero-order chi connectivity index (χ0) is 11.5. The molecule has 0 bridgehead atoms. The number of rotatable bonds is 9. The first kappa shape index (κ1) is 14.7. The molecule has 0 aliphatic heterocycles. The molecule has 0 aliphatic carbocycles. The number of unbranched alkanes of at least 4 members (excludes halogenated alkanes) is 4. The molecule has 0 heterocycles. The van der Waals surface area contributed by atoms with Crippen molar-refractivity contribution in [3.63, 3.8) is 0 Å². The maximum Gasteiger partial charge on any atom is 0.0470 e. The smallest absolute Gasteiger partial charge is 0.0470 e. The van der Waals surface area contributed by atoms with E-state index in [1.54, 1.807) is 0 Å². The molecule has 0 aromatic rings. The van der Waals surface area contributed by atoms with Crippen LogP contribution in [-0.4, -0.2) is 11.8 Å². The van der Waals surface area contributed by atoms with Crippen LogP contribution in [0.4, 0.5) is 0 Å². The van der Waals surface area contributed by atoms with Crippen LogP contribution in [-0.2, 0) is 0 Å². The fraction of sp³-hybridized carbons (Fsp3) is 0.929. The van der Waals surface area contributed by atoms with Crippen LogP contribution in [0.5, 0.6) is 0 Å². The van der Waals surface area contributed by atoms with Gasteiger partial charge >= 0.3 is 0 Å². The zero-order valence-corrected chi connectivity index (χ0v) is 11.2. The standard InChI is InChI=1S/C14H29N/c1-5-7-8-9-10-12-14(4)15-13(3)11-6-2/h14H,5-12H2,1-4H3/b15-13+. The summed E-state index contributed by atoms with van der Waals surface area (Å²) in [5.41, 5.74) is 1.33. The van der Waals surface area contributed by atoms with Crippen LogP contribution < -0.4 is 0 Å². The van der Waals surface area contributed by atoms with Crippen LogP contribution in [0.15, 0.2) is 4.99 Å². The quantitative estimate of drug-likeness (QED) is 0.376. The van der Waals surface area contributed by atoms with Gasteiger partial charge in [-0.05, 0) is 26.7 Å². The fourth-order valence-corrected chi connectivity index (χ4v) is 1.91. The van der Waals surface area contributed by atoms with Crippen LogP contribution in [0.25, 0.3) is 0 Å². The first-order valence-electron chi connectivity index (χ1n) is 6.74. The molecule has 0 rings (SSSR count). The third-order valence-corrected chi connectivity index (χ3v) is 2.78. The minimum atomic E-state index is 0.540. The van der Waals surface area contributed by atoms with Crippen molar-refractivity contribution in [2.24, 2.45) is 4.99 Å². The highest BCUT2D eigenvalue weighted by atomic mass is 14.8. The van der Waals surface area contributed by atoms with E-state index >= 15 is 0 Å². The van der Waals surface area contributed by atoms with E-state index in [-0.39, 0.29) is 0 Å². The minimum absolute atomic E-state index is 0.540. The van der Waals surface area contributed by atoms with Crippen molar-refractivity contribution >= 4 is 5.71 Å². The largest absolute Gasteiger partial charge is 0.291 e. The van der Waals surface area contributed by atoms with Crippen molar-refractivity contribution in [2.45, 2.75) is 85.1 Å². The molecule has 0 amide bonds. The molecule has 0 saturated carbocycles. The molecule has 0 aromatic heterocycles. The average Bonchev–Trinajstić information content (AvgIpc) is 2.17. The van der Waals surface area contributed by atoms with Crippen LogP contribution in [0.2, 0.25) is 0 Å². The molecule has 1 unspecified atom stereocenters. The monoisotopic (exact) mass is 211 g/mol. The van der Waals surface area contributed by atoms with E-state index in [1.807, 2.05) is 0 Å². The lowest BCUT2D eigenvalue weighted by molar-refractivity contribution is 0.563. The Morgan fingerprint density at radius 2 is 1.67 bits per heavy atom. The lowest BCUT2D eigenvalue weighted by atomic mass is 10.1. The van der Waals surface area contributed by atoms with Crippen molar-refractivity contribution in [3.8, 4) is 0 Å². The molecule has 0 spiro atoms. The van der Waals surface area contributed by atoms with Gasteiger partial charge < -0.3 is 0 Å². The zero-order valence-electron chi connectivity index (χ0n) is 11.2. The minimum Gasteiger partial charge on any atom is -0.291 e. The van der Waals surface area contributed by atoms with E-state index in [4.69, 9.17) is 4.99 Å². The maximum atomic E-state index is 4.70. The van der Waals surface area contributed by atoms with Crippen LogP contribution in [0, 0.1) is 0 Å². The molecular weight excluding hydrogens is 182 g/mol. The van der Waals surface area contributed by atoms with Gasteiger partial charge in [-0.1, -0.05) is 52.4 Å². The molecular formula is C14H29N. The van der Waals surface area contributed by atoms with E-state index in [1.165, 1.54) is 57.1 Å². The Kier molecular flexibility index (Phi) is 9.97. The first-order valence-corrected chi connectivity index (χ1v) is 6.74. The number of hydrogen-bond donors (Lipinski definition) is 0. The Bertz CT molecular complexity index is 161. The van der Waals surface area contributed by atoms with Crippen molar-refractivity contribution in [3.05, 3.63) is 0 Å². The van der Waals surface area contributed by atoms with Gasteiger partial charge in [0.15, 0.2) is 0 Å². The van der Waals surface area contributed by atoms with E-state index in [0.29, 0.717) is 6.04 Å². The molecule has 0 aromatic carbocycles. The summed E-state index contributed by atoms with van der Waals surface area (Å²) >= 11 is 0. The second-order valence-corrected chi connectivity index (χ2v) is 4.67. The van der Waals surface area contributed by atoms with E-state index < -0.39 is 0 Å². The summed E-state index contributed by atoms with van der Waals surface area (Å²) in [4.78, 5) is 4.70. The van der Waals surface area contributed by atoms with Gasteiger partial charge in [0.05, 0.1) is 0 Å². The Balaban J connectivity index is 3.47. The van der Waals surface area contributed by atoms with Gasteiger partial charge in [0.25, 0.3) is 0 Å². The molecule has 0 fully saturated rings. The number of nitrogens with zero attached hydrogens (tertiary/aromatic N) is 1. The Labute approximate surface area is 96.4 Å². The SMILES string of the molecule is CCCCCCCC(C)/N=C(\C)CCC. The van der Waals surface area contributed by atoms with Crippen molar-refractivity contribution in [1.29, 1.82) is 0 Å². The third-order valence-electron chi connectivity index (χ3n) is 2.78. The van der Waals surface area contributed by atoms with Gasteiger partial charge in [0, 0.05) is 11.8 Å². The summed E-state index contributed by atoms with van der Waals surface area (Å²) in [6, 6.07) is 0.540. The first-order chi connectivity index (χ1) is 7.20. The molecule has 1 heteroatoms. The van der Waals surface area contributed by atoms with Crippen molar-refractivity contribution in [1.82, 2.24) is 0 Å². The number of aliphatic imine (C=N–C) groups is 1. The summed E-state index contributed by atoms with van der Waals surface area (Å²) in [6.45, 7) is 8.89. The second kappa shape index (κ2) is 10.2. The molecule has 0 saturated heterocycles. The Morgan fingerprint density at radius 3 is 2.27 bits per heavy atom. The lowest BCUT2D eigenvalue weighted by Crippen LogP contribution is -2.02. The highest BCUT2D eigenvalue weighted by molar-refractivity contribution is 5.81. The predicted octanol–water partition coefficient (Wildman–Crippen LogP) is 5.00. The van der Waals surface area contributed by atoms with Crippen LogP contribution in [0.1, 0.15) is 79.1 Å². The second-order valence-electron chi connectivity index (χ2n) is 4.67. The summed E-state index contributed by atoms with van der Waals surface area (Å²) in [7, 11) is 0. The third kappa shape index (κ3) is 9.96. The predicted molar refractivity (Wildman–Crippen MR) is 70.9 cm³/mol. The Morgan fingerprint density at radius 1 is 1.00 bits per heavy atom. The topological polar surface area (TPSA) is 12.4 Å². The average molecular weight is 211 g/mol. The van der Waals surface area contributed by atoms with Gasteiger partial charge in [-0.25, -0.2) is 0 Å². The summed E-state index contributed by atoms with van der Waals surface area (Å²) in [5, 5.41) is 0. The molecule has 1 nitrogen and oxygen atoms in total. The van der Waals surface area contributed by atoms with Gasteiger partial charge in [0.1, 0.15) is 0 Å².